The third-order valence-electron chi connectivity index (χ3n) is 3.84. The number of aromatic amines is 1. The third-order valence-corrected chi connectivity index (χ3v) is 5.18. The lowest BCUT2D eigenvalue weighted by molar-refractivity contribution is 0.0684. The Hall–Kier alpha value is -1.67. The summed E-state index contributed by atoms with van der Waals surface area (Å²) in [6.45, 7) is 0.884. The van der Waals surface area contributed by atoms with Gasteiger partial charge in [0.25, 0.3) is 11.5 Å². The highest BCUT2D eigenvalue weighted by Crippen LogP contribution is 2.18. The molecule has 0 saturated carbocycles. The fraction of sp³-hybridized carbons (Fsp3) is 0.538. The van der Waals surface area contributed by atoms with Crippen LogP contribution < -0.4 is 5.56 Å². The number of sulfonamides is 1. The van der Waals surface area contributed by atoms with Crippen LogP contribution in [0.15, 0.2) is 23.1 Å². The molecule has 0 unspecified atom stereocenters. The first kappa shape index (κ1) is 15.7. The Bertz CT molecular complexity index is 675. The van der Waals surface area contributed by atoms with Crippen LogP contribution in [0.4, 0.5) is 0 Å². The van der Waals surface area contributed by atoms with Gasteiger partial charge in [-0.25, -0.2) is 12.7 Å². The number of H-pyrrole nitrogens is 1. The topological polar surface area (TPSA) is 90.6 Å². The fourth-order valence-electron chi connectivity index (χ4n) is 2.46. The van der Waals surface area contributed by atoms with Gasteiger partial charge in [0.1, 0.15) is 5.56 Å². The number of carbonyl (C=O) groups is 1. The number of hydrogen-bond acceptors (Lipinski definition) is 4. The molecule has 0 atom stereocenters. The number of pyridine rings is 1. The molecule has 1 amide bonds. The Balaban J connectivity index is 2.03. The highest BCUT2D eigenvalue weighted by molar-refractivity contribution is 7.88. The fourth-order valence-corrected chi connectivity index (χ4v) is 3.22. The van der Waals surface area contributed by atoms with Crippen LogP contribution in [0.2, 0.25) is 0 Å². The Morgan fingerprint density at radius 3 is 2.52 bits per heavy atom. The van der Waals surface area contributed by atoms with Gasteiger partial charge < -0.3 is 9.88 Å². The van der Waals surface area contributed by atoms with E-state index in [-0.39, 0.29) is 17.5 Å². The molecule has 0 radical (unpaired) electrons. The number of nitrogens with zero attached hydrogens (tertiary/aromatic N) is 2. The van der Waals surface area contributed by atoms with Crippen LogP contribution in [0.5, 0.6) is 0 Å². The third kappa shape index (κ3) is 3.51. The van der Waals surface area contributed by atoms with Crippen LogP contribution in [-0.4, -0.2) is 60.9 Å². The molecular formula is C13H19N3O4S. The van der Waals surface area contributed by atoms with E-state index in [4.69, 9.17) is 0 Å². The van der Waals surface area contributed by atoms with E-state index in [1.54, 1.807) is 18.0 Å². The zero-order valence-corrected chi connectivity index (χ0v) is 12.9. The molecule has 1 N–H and O–H groups in total. The summed E-state index contributed by atoms with van der Waals surface area (Å²) in [5.74, 6) is -0.308. The van der Waals surface area contributed by atoms with Crippen LogP contribution >= 0.6 is 0 Å². The molecule has 1 saturated heterocycles. The molecule has 0 aliphatic carbocycles. The van der Waals surface area contributed by atoms with Crippen LogP contribution in [0.1, 0.15) is 23.2 Å². The second-order valence-electron chi connectivity index (χ2n) is 5.22. The molecule has 1 aromatic rings. The van der Waals surface area contributed by atoms with Crippen LogP contribution in [0.25, 0.3) is 0 Å². The largest absolute Gasteiger partial charge is 0.338 e. The minimum absolute atomic E-state index is 0.0990. The number of aromatic nitrogens is 1. The van der Waals surface area contributed by atoms with Crippen molar-refractivity contribution in [2.75, 3.05) is 26.4 Å². The molecule has 1 aromatic heterocycles. The summed E-state index contributed by atoms with van der Waals surface area (Å²) < 4.78 is 24.4. The summed E-state index contributed by atoms with van der Waals surface area (Å²) in [4.78, 5) is 28.0. The molecular weight excluding hydrogens is 294 g/mol. The zero-order valence-electron chi connectivity index (χ0n) is 12.1. The number of carbonyl (C=O) groups excluding carboxylic acids is 1. The second-order valence-corrected chi connectivity index (χ2v) is 7.26. The molecule has 0 bridgehead atoms. The lowest BCUT2D eigenvalue weighted by atomic mass is 10.0. The van der Waals surface area contributed by atoms with E-state index in [9.17, 15) is 18.0 Å². The van der Waals surface area contributed by atoms with E-state index in [0.29, 0.717) is 25.9 Å². The van der Waals surface area contributed by atoms with E-state index in [2.05, 4.69) is 4.98 Å². The maximum Gasteiger partial charge on any atom is 0.260 e. The van der Waals surface area contributed by atoms with Crippen molar-refractivity contribution < 1.29 is 13.2 Å². The van der Waals surface area contributed by atoms with Crippen molar-refractivity contribution in [1.82, 2.24) is 14.2 Å². The van der Waals surface area contributed by atoms with E-state index in [1.807, 2.05) is 0 Å². The molecule has 21 heavy (non-hydrogen) atoms. The lowest BCUT2D eigenvalue weighted by Gasteiger charge is -2.35. The van der Waals surface area contributed by atoms with E-state index >= 15 is 0 Å². The minimum atomic E-state index is -3.22. The minimum Gasteiger partial charge on any atom is -0.338 e. The number of rotatable bonds is 3. The van der Waals surface area contributed by atoms with Crippen molar-refractivity contribution in [3.63, 3.8) is 0 Å². The van der Waals surface area contributed by atoms with Crippen molar-refractivity contribution >= 4 is 15.9 Å². The van der Waals surface area contributed by atoms with Crippen molar-refractivity contribution in [3.8, 4) is 0 Å². The molecule has 2 rings (SSSR count). The van der Waals surface area contributed by atoms with Gasteiger partial charge in [0.15, 0.2) is 0 Å². The standard InChI is InChI=1S/C13H19N3O4S/c1-15(21(2,19)20)10-5-8-16(9-6-10)13(18)11-4-3-7-14-12(11)17/h3-4,7,10H,5-6,8-9H2,1-2H3,(H,14,17). The molecule has 0 aromatic carbocycles. The molecule has 0 spiro atoms. The maximum absolute atomic E-state index is 12.3. The zero-order chi connectivity index (χ0) is 15.6. The summed E-state index contributed by atoms with van der Waals surface area (Å²) >= 11 is 0. The van der Waals surface area contributed by atoms with Gasteiger partial charge in [-0.2, -0.15) is 0 Å². The van der Waals surface area contributed by atoms with Crippen LogP contribution in [0, 0.1) is 0 Å². The summed E-state index contributed by atoms with van der Waals surface area (Å²) in [5, 5.41) is 0. The van der Waals surface area contributed by atoms with Crippen molar-refractivity contribution in [1.29, 1.82) is 0 Å². The van der Waals surface area contributed by atoms with Crippen LogP contribution in [-0.2, 0) is 10.0 Å². The summed E-state index contributed by atoms with van der Waals surface area (Å²) in [6.07, 6.45) is 3.79. The Morgan fingerprint density at radius 2 is 2.00 bits per heavy atom. The number of hydrogen-bond donors (Lipinski definition) is 1. The molecule has 2 heterocycles. The average Bonchev–Trinajstić information content (AvgIpc) is 2.45. The molecule has 1 fully saturated rings. The summed E-state index contributed by atoms with van der Waals surface area (Å²) in [6, 6.07) is 3.01. The Labute approximate surface area is 123 Å². The first-order valence-electron chi connectivity index (χ1n) is 6.70. The van der Waals surface area contributed by atoms with Crippen molar-refractivity contribution in [3.05, 3.63) is 34.2 Å². The lowest BCUT2D eigenvalue weighted by Crippen LogP contribution is -2.47. The number of likely N-dealkylation sites (tertiary alicyclic amines) is 1. The van der Waals surface area contributed by atoms with Gasteiger partial charge in [-0.15, -0.1) is 0 Å². The SMILES string of the molecule is CN(C1CCN(C(=O)c2ccc[nH]c2=O)CC1)S(C)(=O)=O. The predicted octanol–water partition coefficient (Wildman–Crippen LogP) is -0.129. The maximum atomic E-state index is 12.3. The second kappa shape index (κ2) is 5.98. The van der Waals surface area contributed by atoms with Gasteiger partial charge >= 0.3 is 0 Å². The van der Waals surface area contributed by atoms with Crippen molar-refractivity contribution in [2.45, 2.75) is 18.9 Å². The van der Waals surface area contributed by atoms with Gasteiger partial charge in [-0.3, -0.25) is 9.59 Å². The van der Waals surface area contributed by atoms with Gasteiger partial charge in [-0.05, 0) is 25.0 Å². The van der Waals surface area contributed by atoms with Gasteiger partial charge in [0.2, 0.25) is 10.0 Å². The Kier molecular flexibility index (Phi) is 4.48. The normalized spacial score (nSPS) is 17.2. The highest BCUT2D eigenvalue weighted by atomic mass is 32.2. The van der Waals surface area contributed by atoms with Crippen LogP contribution in [0.3, 0.4) is 0 Å². The highest BCUT2D eigenvalue weighted by Gasteiger charge is 2.29. The number of amides is 1. The molecule has 8 heteroatoms. The van der Waals surface area contributed by atoms with Crippen molar-refractivity contribution in [2.24, 2.45) is 0 Å². The number of piperidine rings is 1. The first-order chi connectivity index (χ1) is 9.80. The molecule has 1 aliphatic heterocycles. The van der Waals surface area contributed by atoms with Gasteiger partial charge in [0, 0.05) is 32.4 Å². The summed E-state index contributed by atoms with van der Waals surface area (Å²) in [7, 11) is -1.67. The van der Waals surface area contributed by atoms with Gasteiger partial charge in [0.05, 0.1) is 6.26 Å². The monoisotopic (exact) mass is 313 g/mol. The average molecular weight is 313 g/mol. The van der Waals surface area contributed by atoms with Gasteiger partial charge in [-0.1, -0.05) is 0 Å². The predicted molar refractivity (Wildman–Crippen MR) is 78.6 cm³/mol. The van der Waals surface area contributed by atoms with E-state index in [1.165, 1.54) is 22.8 Å². The first-order valence-corrected chi connectivity index (χ1v) is 8.55. The molecule has 116 valence electrons. The van der Waals surface area contributed by atoms with E-state index in [0.717, 1.165) is 0 Å². The molecule has 1 aliphatic rings. The quantitative estimate of drug-likeness (QED) is 0.841. The Morgan fingerprint density at radius 1 is 1.38 bits per heavy atom. The molecule has 7 nitrogen and oxygen atoms in total. The smallest absolute Gasteiger partial charge is 0.260 e. The number of nitrogens with one attached hydrogen (secondary N) is 1. The summed E-state index contributed by atoms with van der Waals surface area (Å²) in [5.41, 5.74) is -0.287. The van der Waals surface area contributed by atoms with E-state index < -0.39 is 15.6 Å².